The second-order valence-electron chi connectivity index (χ2n) is 15.9. The molecule has 9 nitrogen and oxygen atoms in total. The van der Waals surface area contributed by atoms with Crippen molar-refractivity contribution in [2.45, 2.75) is 65.7 Å². The van der Waals surface area contributed by atoms with Gasteiger partial charge in [0, 0.05) is 55.5 Å². The zero-order valence-electron chi connectivity index (χ0n) is 36.4. The van der Waals surface area contributed by atoms with E-state index in [1.165, 1.54) is 24.3 Å². The van der Waals surface area contributed by atoms with Crippen molar-refractivity contribution in [1.82, 2.24) is 5.32 Å². The van der Waals surface area contributed by atoms with Crippen molar-refractivity contribution in [3.63, 3.8) is 0 Å². The van der Waals surface area contributed by atoms with Gasteiger partial charge in [0.25, 0.3) is 0 Å². The number of halogens is 6. The summed E-state index contributed by atoms with van der Waals surface area (Å²) in [6.07, 6.45) is 0.834. The Balaban J connectivity index is 1.20. The van der Waals surface area contributed by atoms with E-state index in [2.05, 4.69) is 5.32 Å². The van der Waals surface area contributed by atoms with Gasteiger partial charge < -0.3 is 44.7 Å². The third-order valence-corrected chi connectivity index (χ3v) is 11.8. The Morgan fingerprint density at radius 3 is 1.36 bits per heavy atom. The van der Waals surface area contributed by atoms with Crippen molar-refractivity contribution in [2.75, 3.05) is 26.4 Å². The lowest BCUT2D eigenvalue weighted by atomic mass is 9.92. The molecular weight excluding hydrogens is 901 g/mol. The van der Waals surface area contributed by atoms with Gasteiger partial charge in [-0.2, -0.15) is 0 Å². The molecule has 6 rings (SSSR count). The maximum absolute atomic E-state index is 14.0. The van der Waals surface area contributed by atoms with Crippen LogP contribution in [0.2, 0.25) is 10.0 Å². The van der Waals surface area contributed by atoms with E-state index in [-0.39, 0.29) is 81.5 Å². The predicted octanol–water partition coefficient (Wildman–Crippen LogP) is 10.1. The molecule has 0 aromatic heterocycles. The first-order valence-electron chi connectivity index (χ1n) is 21.2. The monoisotopic (exact) mass is 951 g/mol. The summed E-state index contributed by atoms with van der Waals surface area (Å²) in [6, 6.07) is 24.0. The van der Waals surface area contributed by atoms with Crippen molar-refractivity contribution in [3.8, 4) is 34.1 Å². The van der Waals surface area contributed by atoms with Crippen LogP contribution in [-0.2, 0) is 39.4 Å². The van der Waals surface area contributed by atoms with Crippen LogP contribution in [-0.4, -0.2) is 52.9 Å². The standard InChI is InChI=1S/C51H51Cl2F4NO8/c1-30-36(28-65-50-19-48(63-26-33-11-39(54)17-40(55)12-33)35(15-46(50)52)10-9-32(22-59)23-60)5-3-7-44(30)45-8-4-6-37(31(45)2)29-66-51-20-49(64-27-34-13-41(56)18-42(57)14-34)38(16-47(51)53)21-58-43(24-61)25-62/h3-8,11-20,32,43,58-62H,9-10,21-29H2,1-2H3. The molecule has 0 amide bonds. The molecule has 5 N–H and O–H groups in total. The highest BCUT2D eigenvalue weighted by Gasteiger charge is 2.19. The zero-order valence-corrected chi connectivity index (χ0v) is 37.9. The number of hydrogen-bond acceptors (Lipinski definition) is 9. The average Bonchev–Trinajstić information content (AvgIpc) is 3.28. The SMILES string of the molecule is Cc1c(COc2cc(OCc3cc(F)cc(F)c3)c(CCC(CO)CO)cc2Cl)cccc1-c1cccc(COc2cc(OCc3cc(F)cc(F)c3)c(CNC(CO)CO)cc2Cl)c1C. The van der Waals surface area contributed by atoms with Crippen LogP contribution in [0.5, 0.6) is 23.0 Å². The smallest absolute Gasteiger partial charge is 0.142 e. The van der Waals surface area contributed by atoms with Crippen LogP contribution in [0.1, 0.15) is 50.9 Å². The molecule has 0 saturated heterocycles. The molecule has 0 radical (unpaired) electrons. The number of aryl methyl sites for hydroxylation is 1. The summed E-state index contributed by atoms with van der Waals surface area (Å²) in [6.45, 7) is 3.07. The van der Waals surface area contributed by atoms with Gasteiger partial charge >= 0.3 is 0 Å². The lowest BCUT2D eigenvalue weighted by molar-refractivity contribution is 0.144. The highest BCUT2D eigenvalue weighted by atomic mass is 35.5. The first-order valence-corrected chi connectivity index (χ1v) is 21.9. The minimum atomic E-state index is -0.740. The van der Waals surface area contributed by atoms with Crippen molar-refractivity contribution >= 4 is 23.2 Å². The highest BCUT2D eigenvalue weighted by molar-refractivity contribution is 6.32. The normalized spacial score (nSPS) is 11.4. The van der Waals surface area contributed by atoms with E-state index >= 15 is 0 Å². The van der Waals surface area contributed by atoms with Gasteiger partial charge in [0.2, 0.25) is 0 Å². The van der Waals surface area contributed by atoms with Crippen LogP contribution in [0.3, 0.4) is 0 Å². The topological polar surface area (TPSA) is 130 Å². The first kappa shape index (κ1) is 50.0. The highest BCUT2D eigenvalue weighted by Crippen LogP contribution is 2.38. The minimum Gasteiger partial charge on any atom is -0.488 e. The van der Waals surface area contributed by atoms with Crippen molar-refractivity contribution < 1.29 is 56.9 Å². The number of ether oxygens (including phenoxy) is 4. The molecule has 350 valence electrons. The van der Waals surface area contributed by atoms with Crippen LogP contribution in [0, 0.1) is 43.0 Å². The van der Waals surface area contributed by atoms with Crippen LogP contribution >= 0.6 is 23.2 Å². The van der Waals surface area contributed by atoms with E-state index in [0.29, 0.717) is 52.0 Å². The fraction of sp³-hybridized carbons (Fsp3) is 0.294. The van der Waals surface area contributed by atoms with E-state index in [4.69, 9.17) is 42.1 Å². The second kappa shape index (κ2) is 23.9. The molecule has 66 heavy (non-hydrogen) atoms. The van der Waals surface area contributed by atoms with Gasteiger partial charge in [0.05, 0.1) is 29.3 Å². The van der Waals surface area contributed by atoms with Gasteiger partial charge in [-0.15, -0.1) is 0 Å². The fourth-order valence-electron chi connectivity index (χ4n) is 7.30. The number of nitrogens with one attached hydrogen (secondary N) is 1. The van der Waals surface area contributed by atoms with Crippen molar-refractivity contribution in [2.24, 2.45) is 5.92 Å². The van der Waals surface area contributed by atoms with Gasteiger partial charge in [0.15, 0.2) is 0 Å². The molecule has 0 unspecified atom stereocenters. The number of benzene rings is 6. The number of aliphatic hydroxyl groups excluding tert-OH is 4. The quantitative estimate of drug-likeness (QED) is 0.0399. The summed E-state index contributed by atoms with van der Waals surface area (Å²) >= 11 is 13.5. The van der Waals surface area contributed by atoms with Crippen molar-refractivity contribution in [3.05, 3.63) is 175 Å². The lowest BCUT2D eigenvalue weighted by Crippen LogP contribution is -2.35. The molecule has 0 saturated carbocycles. The third-order valence-electron chi connectivity index (χ3n) is 11.2. The molecule has 0 aliphatic heterocycles. The molecule has 0 bridgehead atoms. The van der Waals surface area contributed by atoms with Crippen LogP contribution in [0.25, 0.3) is 11.1 Å². The molecule has 0 spiro atoms. The summed E-state index contributed by atoms with van der Waals surface area (Å²) in [5.41, 5.74) is 7.33. The zero-order chi connectivity index (χ0) is 47.3. The van der Waals surface area contributed by atoms with Gasteiger partial charge in [0.1, 0.15) is 72.7 Å². The molecule has 0 heterocycles. The molecular formula is C51H51Cl2F4NO8. The van der Waals surface area contributed by atoms with Gasteiger partial charge in [-0.05, 0) is 113 Å². The summed E-state index contributed by atoms with van der Waals surface area (Å²) < 4.78 is 80.5. The molecule has 0 fully saturated rings. The number of aliphatic hydroxyl groups is 4. The van der Waals surface area contributed by atoms with Gasteiger partial charge in [-0.1, -0.05) is 59.6 Å². The van der Waals surface area contributed by atoms with Crippen LogP contribution in [0.4, 0.5) is 17.6 Å². The Morgan fingerprint density at radius 1 is 0.500 bits per heavy atom. The largest absolute Gasteiger partial charge is 0.488 e. The van der Waals surface area contributed by atoms with E-state index in [1.54, 1.807) is 24.3 Å². The van der Waals surface area contributed by atoms with Crippen molar-refractivity contribution in [1.29, 1.82) is 0 Å². The Bertz CT molecular complexity index is 2370. The fourth-order valence-corrected chi connectivity index (χ4v) is 7.78. The van der Waals surface area contributed by atoms with E-state index in [0.717, 1.165) is 45.5 Å². The third kappa shape index (κ3) is 13.4. The molecule has 0 atom stereocenters. The van der Waals surface area contributed by atoms with E-state index in [1.807, 2.05) is 50.2 Å². The summed E-state index contributed by atoms with van der Waals surface area (Å²) in [7, 11) is 0. The first-order chi connectivity index (χ1) is 31.8. The Hall–Kier alpha value is -5.38. The Kier molecular flexibility index (Phi) is 18.1. The lowest BCUT2D eigenvalue weighted by Gasteiger charge is -2.19. The van der Waals surface area contributed by atoms with Crippen LogP contribution in [0.15, 0.2) is 97.1 Å². The average molecular weight is 953 g/mol. The van der Waals surface area contributed by atoms with Gasteiger partial charge in [-0.25, -0.2) is 17.6 Å². The number of hydrogen-bond donors (Lipinski definition) is 5. The molecule has 15 heteroatoms. The summed E-state index contributed by atoms with van der Waals surface area (Å²) in [4.78, 5) is 0. The maximum Gasteiger partial charge on any atom is 0.142 e. The predicted molar refractivity (Wildman–Crippen MR) is 245 cm³/mol. The number of rotatable bonds is 23. The molecule has 6 aromatic rings. The molecule has 0 aliphatic carbocycles. The summed E-state index contributed by atoms with van der Waals surface area (Å²) in [5.74, 6) is -1.99. The molecule has 0 aliphatic rings. The summed E-state index contributed by atoms with van der Waals surface area (Å²) in [5, 5.41) is 42.0. The second-order valence-corrected chi connectivity index (χ2v) is 16.7. The Labute approximate surface area is 391 Å². The van der Waals surface area contributed by atoms with Gasteiger partial charge in [-0.3, -0.25) is 0 Å². The van der Waals surface area contributed by atoms with E-state index < -0.39 is 29.3 Å². The van der Waals surface area contributed by atoms with E-state index in [9.17, 15) is 38.0 Å². The maximum atomic E-state index is 14.0. The Morgan fingerprint density at radius 2 is 0.924 bits per heavy atom. The molecule has 6 aromatic carbocycles. The van der Waals surface area contributed by atoms with Crippen LogP contribution < -0.4 is 24.3 Å². The minimum absolute atomic E-state index is 0.123.